The predicted octanol–water partition coefficient (Wildman–Crippen LogP) is 2.38. The SMILES string of the molecule is CC(C)(C(O)CN)S(=O)(=O)C1(CN2CCc3c(C(=O)NCc4ccc(Cl)cc4)csc3C2=O)CC1. The van der Waals surface area contributed by atoms with E-state index in [4.69, 9.17) is 17.3 Å². The molecule has 1 aliphatic heterocycles. The Bertz CT molecular complexity index is 1240. The molecular formula is C24H30ClN3O5S2. The maximum atomic E-state index is 13.5. The van der Waals surface area contributed by atoms with E-state index in [2.05, 4.69) is 5.32 Å². The van der Waals surface area contributed by atoms with E-state index in [9.17, 15) is 23.1 Å². The lowest BCUT2D eigenvalue weighted by atomic mass is 10.0. The highest BCUT2D eigenvalue weighted by Crippen LogP contribution is 2.50. The number of nitrogens with one attached hydrogen (secondary N) is 1. The molecule has 0 bridgehead atoms. The van der Waals surface area contributed by atoms with E-state index in [-0.39, 0.29) is 24.9 Å². The number of nitrogens with zero attached hydrogens (tertiary/aromatic N) is 1. The number of benzene rings is 1. The Hall–Kier alpha value is -1.98. The van der Waals surface area contributed by atoms with E-state index < -0.39 is 25.4 Å². The molecule has 1 aromatic heterocycles. The maximum absolute atomic E-state index is 13.5. The predicted molar refractivity (Wildman–Crippen MR) is 137 cm³/mol. The second-order valence-corrected chi connectivity index (χ2v) is 14.0. The second-order valence-electron chi connectivity index (χ2n) is 9.78. The summed E-state index contributed by atoms with van der Waals surface area (Å²) in [4.78, 5) is 28.1. The fourth-order valence-electron chi connectivity index (χ4n) is 4.54. The number of hydrogen-bond acceptors (Lipinski definition) is 7. The summed E-state index contributed by atoms with van der Waals surface area (Å²) in [6.07, 6.45) is 0.157. The fraction of sp³-hybridized carbons (Fsp3) is 0.500. The van der Waals surface area contributed by atoms with Crippen molar-refractivity contribution in [2.75, 3.05) is 19.6 Å². The molecule has 0 saturated heterocycles. The molecular weight excluding hydrogens is 510 g/mol. The third-order valence-electron chi connectivity index (χ3n) is 7.19. The van der Waals surface area contributed by atoms with Gasteiger partial charge in [0.05, 0.1) is 26.0 Å². The van der Waals surface area contributed by atoms with Gasteiger partial charge in [-0.15, -0.1) is 11.3 Å². The van der Waals surface area contributed by atoms with Crippen molar-refractivity contribution in [2.45, 2.75) is 55.3 Å². The van der Waals surface area contributed by atoms with Crippen molar-refractivity contribution in [3.63, 3.8) is 0 Å². The number of nitrogens with two attached hydrogens (primary N) is 1. The van der Waals surface area contributed by atoms with Gasteiger partial charge in [-0.2, -0.15) is 0 Å². The molecule has 2 aliphatic rings. The van der Waals surface area contributed by atoms with Gasteiger partial charge in [-0.1, -0.05) is 23.7 Å². The highest BCUT2D eigenvalue weighted by Gasteiger charge is 2.62. The molecule has 1 fully saturated rings. The first kappa shape index (κ1) is 26.1. The topological polar surface area (TPSA) is 130 Å². The van der Waals surface area contributed by atoms with Crippen LogP contribution in [0.3, 0.4) is 0 Å². The van der Waals surface area contributed by atoms with Gasteiger partial charge < -0.3 is 21.1 Å². The van der Waals surface area contributed by atoms with Crippen molar-refractivity contribution in [1.29, 1.82) is 0 Å². The van der Waals surface area contributed by atoms with E-state index >= 15 is 0 Å². The summed E-state index contributed by atoms with van der Waals surface area (Å²) in [5.74, 6) is -0.510. The normalized spacial score (nSPS) is 18.2. The van der Waals surface area contributed by atoms with Gasteiger partial charge in [0.25, 0.3) is 11.8 Å². The number of hydrogen-bond donors (Lipinski definition) is 3. The van der Waals surface area contributed by atoms with Gasteiger partial charge in [-0.05, 0) is 56.4 Å². The zero-order valence-corrected chi connectivity index (χ0v) is 22.1. The summed E-state index contributed by atoms with van der Waals surface area (Å²) in [6.45, 7) is 3.56. The number of rotatable bonds is 9. The molecule has 4 N–H and O–H groups in total. The summed E-state index contributed by atoms with van der Waals surface area (Å²) in [6, 6.07) is 7.19. The van der Waals surface area contributed by atoms with Gasteiger partial charge in [0.15, 0.2) is 9.84 Å². The first-order valence-electron chi connectivity index (χ1n) is 11.5. The Kier molecular flexibility index (Phi) is 7.07. The number of aliphatic hydroxyl groups excluding tert-OH is 1. The van der Waals surface area contributed by atoms with E-state index in [1.807, 2.05) is 12.1 Å². The van der Waals surface area contributed by atoms with Crippen molar-refractivity contribution in [1.82, 2.24) is 10.2 Å². The largest absolute Gasteiger partial charge is 0.390 e. The molecule has 1 unspecified atom stereocenters. The first-order chi connectivity index (χ1) is 16.4. The van der Waals surface area contributed by atoms with Crippen LogP contribution in [0.2, 0.25) is 5.02 Å². The van der Waals surface area contributed by atoms with E-state index in [0.29, 0.717) is 53.4 Å². The van der Waals surface area contributed by atoms with Crippen LogP contribution in [0.4, 0.5) is 0 Å². The molecule has 35 heavy (non-hydrogen) atoms. The molecule has 2 amide bonds. The van der Waals surface area contributed by atoms with Crippen LogP contribution in [0.25, 0.3) is 0 Å². The third-order valence-corrected chi connectivity index (χ3v) is 11.8. The van der Waals surface area contributed by atoms with E-state index in [1.54, 1.807) is 22.4 Å². The molecule has 0 spiro atoms. The number of sulfone groups is 1. The third kappa shape index (κ3) is 4.62. The van der Waals surface area contributed by atoms with E-state index in [1.165, 1.54) is 25.2 Å². The highest BCUT2D eigenvalue weighted by atomic mass is 35.5. The highest BCUT2D eigenvalue weighted by molar-refractivity contribution is 7.94. The number of halogens is 1. The van der Waals surface area contributed by atoms with Crippen LogP contribution in [0.15, 0.2) is 29.6 Å². The standard InChI is InChI=1S/C24H30ClN3O5S2/c1-23(2,19(29)11-26)35(32,33)24(8-9-24)14-28-10-7-17-18(13-34-20(17)22(28)31)21(30)27-12-15-3-5-16(25)6-4-15/h3-6,13,19,29H,7-12,14,26H2,1-2H3,(H,27,30). The lowest BCUT2D eigenvalue weighted by Crippen LogP contribution is -2.55. The molecule has 11 heteroatoms. The summed E-state index contributed by atoms with van der Waals surface area (Å²) >= 11 is 7.11. The average molecular weight is 540 g/mol. The Morgan fingerprint density at radius 2 is 1.97 bits per heavy atom. The molecule has 2 aromatic rings. The molecule has 1 saturated carbocycles. The molecule has 0 radical (unpaired) electrons. The summed E-state index contributed by atoms with van der Waals surface area (Å²) < 4.78 is 24.4. The summed E-state index contributed by atoms with van der Waals surface area (Å²) in [5.41, 5.74) is 7.64. The van der Waals surface area contributed by atoms with Gasteiger partial charge in [0.2, 0.25) is 0 Å². The molecule has 1 atom stereocenters. The number of carbonyl (C=O) groups is 2. The minimum Gasteiger partial charge on any atom is -0.390 e. The number of aliphatic hydroxyl groups is 1. The maximum Gasteiger partial charge on any atom is 0.264 e. The number of amides is 2. The van der Waals surface area contributed by atoms with Gasteiger partial charge in [0.1, 0.15) is 0 Å². The molecule has 190 valence electrons. The fourth-order valence-corrected chi connectivity index (χ4v) is 8.27. The first-order valence-corrected chi connectivity index (χ1v) is 14.2. The minimum absolute atomic E-state index is 0.0737. The van der Waals surface area contributed by atoms with Gasteiger partial charge >= 0.3 is 0 Å². The van der Waals surface area contributed by atoms with E-state index in [0.717, 1.165) is 5.56 Å². The lowest BCUT2D eigenvalue weighted by molar-refractivity contribution is 0.0740. The summed E-state index contributed by atoms with van der Waals surface area (Å²) in [7, 11) is -3.78. The number of thiophene rings is 1. The smallest absolute Gasteiger partial charge is 0.264 e. The quantitative estimate of drug-likeness (QED) is 0.448. The van der Waals surface area contributed by atoms with Crippen molar-refractivity contribution in [3.05, 3.63) is 56.2 Å². The van der Waals surface area contributed by atoms with Crippen LogP contribution in [0, 0.1) is 0 Å². The average Bonchev–Trinajstić information content (AvgIpc) is 3.50. The Morgan fingerprint density at radius 1 is 1.31 bits per heavy atom. The molecule has 8 nitrogen and oxygen atoms in total. The number of fused-ring (bicyclic) bond motifs is 1. The number of carbonyl (C=O) groups excluding carboxylic acids is 2. The summed E-state index contributed by atoms with van der Waals surface area (Å²) in [5, 5.41) is 15.4. The Labute approximate surface area is 214 Å². The van der Waals surface area contributed by atoms with Crippen LogP contribution < -0.4 is 11.1 Å². The van der Waals surface area contributed by atoms with Crippen molar-refractivity contribution >= 4 is 44.6 Å². The second kappa shape index (κ2) is 9.48. The van der Waals surface area contributed by atoms with Crippen molar-refractivity contribution < 1.29 is 23.1 Å². The molecule has 2 heterocycles. The zero-order chi connectivity index (χ0) is 25.6. The van der Waals surface area contributed by atoms with Gasteiger partial charge in [-0.3, -0.25) is 9.59 Å². The van der Waals surface area contributed by atoms with Gasteiger partial charge in [0, 0.05) is 36.6 Å². The zero-order valence-electron chi connectivity index (χ0n) is 19.7. The van der Waals surface area contributed by atoms with Gasteiger partial charge in [-0.25, -0.2) is 8.42 Å². The van der Waals surface area contributed by atoms with Crippen molar-refractivity contribution in [3.8, 4) is 0 Å². The lowest BCUT2D eigenvalue weighted by Gasteiger charge is -2.37. The van der Waals surface area contributed by atoms with Crippen LogP contribution >= 0.6 is 22.9 Å². The van der Waals surface area contributed by atoms with Crippen LogP contribution in [0.5, 0.6) is 0 Å². The van der Waals surface area contributed by atoms with Crippen LogP contribution in [-0.2, 0) is 22.8 Å². The Balaban J connectivity index is 1.47. The van der Waals surface area contributed by atoms with Crippen LogP contribution in [0.1, 0.15) is 57.8 Å². The molecule has 4 rings (SSSR count). The van der Waals surface area contributed by atoms with Crippen molar-refractivity contribution in [2.24, 2.45) is 5.73 Å². The van der Waals surface area contributed by atoms with Crippen LogP contribution in [-0.4, -0.2) is 65.5 Å². The molecule has 1 aromatic carbocycles. The monoisotopic (exact) mass is 539 g/mol. The Morgan fingerprint density at radius 3 is 2.57 bits per heavy atom. The minimum atomic E-state index is -3.78. The molecule has 1 aliphatic carbocycles.